The van der Waals surface area contributed by atoms with Crippen molar-refractivity contribution in [3.8, 4) is 10.7 Å². The van der Waals surface area contributed by atoms with Gasteiger partial charge in [0.1, 0.15) is 5.51 Å². The molecule has 13 heavy (non-hydrogen) atoms. The fraction of sp³-hybridized carbons (Fsp3) is 0. The highest BCUT2D eigenvalue weighted by molar-refractivity contribution is 7.15. The highest BCUT2D eigenvalue weighted by Gasteiger charge is 2.13. The predicted molar refractivity (Wildman–Crippen MR) is 49.4 cm³/mol. The van der Waals surface area contributed by atoms with Gasteiger partial charge in [-0.3, -0.25) is 4.79 Å². The van der Waals surface area contributed by atoms with E-state index < -0.39 is 0 Å². The van der Waals surface area contributed by atoms with Crippen LogP contribution in [0.4, 0.5) is 0 Å². The Morgan fingerprint density at radius 2 is 2.38 bits per heavy atom. The number of thiazole rings is 1. The van der Waals surface area contributed by atoms with Crippen molar-refractivity contribution in [3.05, 3.63) is 21.4 Å². The van der Waals surface area contributed by atoms with Crippen molar-refractivity contribution in [2.75, 3.05) is 0 Å². The third-order valence-electron chi connectivity index (χ3n) is 1.61. The average Bonchev–Trinajstić information content (AvgIpc) is 2.65. The normalized spacial score (nSPS) is 11.4. The Bertz CT molecular complexity index is 594. The molecule has 2 aliphatic heterocycles. The van der Waals surface area contributed by atoms with Gasteiger partial charge in [0.15, 0.2) is 5.82 Å². The quantitative estimate of drug-likeness (QED) is 0.548. The maximum absolute atomic E-state index is 11.0. The molecule has 3 rings (SSSR count). The fourth-order valence-electron chi connectivity index (χ4n) is 1.10. The lowest BCUT2D eigenvalue weighted by Crippen LogP contribution is -1.98. The monoisotopic (exact) mass is 210 g/mol. The van der Waals surface area contributed by atoms with Crippen molar-refractivity contribution in [2.24, 2.45) is 0 Å². The molecule has 0 radical (unpaired) electrons. The third kappa shape index (κ3) is 0.909. The van der Waals surface area contributed by atoms with E-state index in [9.17, 15) is 4.79 Å². The van der Waals surface area contributed by atoms with Crippen LogP contribution in [0.25, 0.3) is 15.7 Å². The largest absolute Gasteiger partial charge is 0.329 e. The number of hydrogen-bond acceptors (Lipinski definition) is 6. The van der Waals surface area contributed by atoms with E-state index in [4.69, 9.17) is 0 Å². The Morgan fingerprint density at radius 1 is 1.46 bits per heavy atom. The Balaban J connectivity index is 2.63. The molecule has 0 spiro atoms. The van der Waals surface area contributed by atoms with Crippen LogP contribution in [-0.4, -0.2) is 19.6 Å². The molecule has 0 fully saturated rings. The lowest BCUT2D eigenvalue weighted by atomic mass is 10.5. The topological polar surface area (TPSA) is 60.2 Å². The molecule has 0 N–H and O–H groups in total. The van der Waals surface area contributed by atoms with Crippen LogP contribution in [0.15, 0.2) is 16.5 Å². The number of nitrogens with zero attached hydrogens (tertiary/aromatic N) is 4. The molecule has 0 bridgehead atoms. The van der Waals surface area contributed by atoms with Crippen LogP contribution in [-0.2, 0) is 0 Å². The molecule has 0 amide bonds. The second-order valence-electron chi connectivity index (χ2n) is 2.36. The van der Waals surface area contributed by atoms with E-state index in [-0.39, 0.29) is 4.87 Å². The maximum atomic E-state index is 11.0. The summed E-state index contributed by atoms with van der Waals surface area (Å²) in [6.45, 7) is 0. The molecule has 7 heteroatoms. The minimum Gasteiger partial charge on any atom is -0.255 e. The van der Waals surface area contributed by atoms with E-state index >= 15 is 0 Å². The van der Waals surface area contributed by atoms with Gasteiger partial charge in [-0.25, -0.2) is 4.98 Å². The summed E-state index contributed by atoms with van der Waals surface area (Å²) in [6, 6.07) is 0. The minimum absolute atomic E-state index is 0.204. The average molecular weight is 210 g/mol. The highest BCUT2D eigenvalue weighted by Crippen LogP contribution is 2.22. The minimum atomic E-state index is -0.204. The van der Waals surface area contributed by atoms with Gasteiger partial charge in [-0.1, -0.05) is 22.7 Å². The molecule has 0 unspecified atom stereocenters. The summed E-state index contributed by atoms with van der Waals surface area (Å²) < 4.78 is 1.58. The standard InChI is InChI=1S/C6H2N4OS2/c11-6-9-4-3(13-6)1-7-5-10(4)8-2-12-5/h1-2H. The Kier molecular flexibility index (Phi) is 1.27. The van der Waals surface area contributed by atoms with E-state index in [1.807, 2.05) is 0 Å². The maximum Gasteiger partial charge on any atom is 0.329 e. The fourth-order valence-corrected chi connectivity index (χ4v) is 2.33. The third-order valence-corrected chi connectivity index (χ3v) is 3.07. The zero-order chi connectivity index (χ0) is 8.84. The van der Waals surface area contributed by atoms with Gasteiger partial charge >= 0.3 is 4.87 Å². The number of aromatic nitrogens is 4. The first-order valence-electron chi connectivity index (χ1n) is 3.43. The van der Waals surface area contributed by atoms with E-state index in [0.29, 0.717) is 5.82 Å². The Hall–Kier alpha value is -1.34. The van der Waals surface area contributed by atoms with Gasteiger partial charge in [0.25, 0.3) is 0 Å². The van der Waals surface area contributed by atoms with Crippen LogP contribution < -0.4 is 4.87 Å². The van der Waals surface area contributed by atoms with Crippen LogP contribution in [0, 0.1) is 0 Å². The smallest absolute Gasteiger partial charge is 0.255 e. The van der Waals surface area contributed by atoms with Crippen LogP contribution in [0.3, 0.4) is 0 Å². The first-order chi connectivity index (χ1) is 6.34. The molecule has 3 heterocycles. The summed E-state index contributed by atoms with van der Waals surface area (Å²) in [5.74, 6) is 0.598. The SMILES string of the molecule is O=c1nc2n3ncsc3ncc-2s1. The summed E-state index contributed by atoms with van der Waals surface area (Å²) in [4.78, 5) is 20.3. The Labute approximate surface area is 79.7 Å². The molecule has 0 atom stereocenters. The van der Waals surface area contributed by atoms with Crippen LogP contribution in [0.5, 0.6) is 0 Å². The lowest BCUT2D eigenvalue weighted by Gasteiger charge is -1.95. The van der Waals surface area contributed by atoms with Gasteiger partial charge in [-0.05, 0) is 0 Å². The molecular formula is C6H2N4OS2. The first kappa shape index (κ1) is 7.10. The van der Waals surface area contributed by atoms with E-state index in [1.54, 1.807) is 16.2 Å². The molecule has 0 saturated heterocycles. The second kappa shape index (κ2) is 2.33. The molecule has 1 aromatic rings. The van der Waals surface area contributed by atoms with Gasteiger partial charge < -0.3 is 0 Å². The summed E-state index contributed by atoms with van der Waals surface area (Å²) in [7, 11) is 0. The van der Waals surface area contributed by atoms with Crippen molar-refractivity contribution in [1.82, 2.24) is 19.6 Å². The predicted octanol–water partition coefficient (Wildman–Crippen LogP) is 0.712. The van der Waals surface area contributed by atoms with Crippen molar-refractivity contribution in [2.45, 2.75) is 0 Å². The molecule has 0 saturated carbocycles. The van der Waals surface area contributed by atoms with Crippen LogP contribution >= 0.6 is 22.7 Å². The molecule has 64 valence electrons. The highest BCUT2D eigenvalue weighted by atomic mass is 32.1. The summed E-state index contributed by atoms with van der Waals surface area (Å²) in [5.41, 5.74) is 1.67. The second-order valence-corrected chi connectivity index (χ2v) is 4.16. The lowest BCUT2D eigenvalue weighted by molar-refractivity contribution is 0.923. The molecule has 1 aromatic heterocycles. The van der Waals surface area contributed by atoms with E-state index in [2.05, 4.69) is 15.1 Å². The molecule has 5 nitrogen and oxygen atoms in total. The number of fused-ring (bicyclic) bond motifs is 3. The van der Waals surface area contributed by atoms with E-state index in [1.165, 1.54) is 11.3 Å². The summed E-state index contributed by atoms with van der Waals surface area (Å²) in [6.07, 6.45) is 1.65. The van der Waals surface area contributed by atoms with Gasteiger partial charge in [0.2, 0.25) is 4.96 Å². The van der Waals surface area contributed by atoms with Crippen molar-refractivity contribution in [3.63, 3.8) is 0 Å². The van der Waals surface area contributed by atoms with Gasteiger partial charge in [-0.15, -0.1) is 0 Å². The first-order valence-corrected chi connectivity index (χ1v) is 5.12. The van der Waals surface area contributed by atoms with Crippen LogP contribution in [0.1, 0.15) is 0 Å². The zero-order valence-electron chi connectivity index (χ0n) is 6.17. The molecular weight excluding hydrogens is 208 g/mol. The molecule has 0 aliphatic carbocycles. The van der Waals surface area contributed by atoms with Crippen molar-refractivity contribution >= 4 is 27.6 Å². The number of hydrogen-bond donors (Lipinski definition) is 0. The zero-order valence-corrected chi connectivity index (χ0v) is 7.80. The van der Waals surface area contributed by atoms with Gasteiger partial charge in [-0.2, -0.15) is 14.6 Å². The number of rotatable bonds is 0. The summed E-state index contributed by atoms with van der Waals surface area (Å²) >= 11 is 2.50. The molecule has 2 aliphatic rings. The van der Waals surface area contributed by atoms with Crippen molar-refractivity contribution < 1.29 is 0 Å². The van der Waals surface area contributed by atoms with Crippen molar-refractivity contribution in [1.29, 1.82) is 0 Å². The van der Waals surface area contributed by atoms with Crippen LogP contribution in [0.2, 0.25) is 0 Å². The van der Waals surface area contributed by atoms with E-state index in [0.717, 1.165) is 21.2 Å². The van der Waals surface area contributed by atoms with Gasteiger partial charge in [0, 0.05) is 0 Å². The summed E-state index contributed by atoms with van der Waals surface area (Å²) in [5, 5.41) is 4.04. The molecule has 0 aromatic carbocycles. The Morgan fingerprint density at radius 3 is 3.31 bits per heavy atom. The van der Waals surface area contributed by atoms with Gasteiger partial charge in [0.05, 0.1) is 11.1 Å².